The molecule has 2 aromatic rings. The van der Waals surface area contributed by atoms with E-state index in [1.165, 1.54) is 31.3 Å². The van der Waals surface area contributed by atoms with Crippen LogP contribution in [0.4, 0.5) is 5.69 Å². The van der Waals surface area contributed by atoms with Crippen LogP contribution in [0, 0.1) is 5.92 Å². The van der Waals surface area contributed by atoms with E-state index in [1.54, 1.807) is 20.8 Å². The first-order chi connectivity index (χ1) is 15.7. The Morgan fingerprint density at radius 1 is 1.24 bits per heavy atom. The van der Waals surface area contributed by atoms with Crippen LogP contribution in [-0.2, 0) is 14.3 Å². The zero-order valence-electron chi connectivity index (χ0n) is 19.9. The van der Waals surface area contributed by atoms with Crippen molar-refractivity contribution in [3.63, 3.8) is 0 Å². The molecule has 0 radical (unpaired) electrons. The first kappa shape index (κ1) is 28.4. The summed E-state index contributed by atoms with van der Waals surface area (Å²) >= 11 is 4.83. The predicted molar refractivity (Wildman–Crippen MR) is 141 cm³/mol. The summed E-state index contributed by atoms with van der Waals surface area (Å²) in [5.41, 5.74) is 1.33. The Bertz CT molecular complexity index is 986. The van der Waals surface area contributed by atoms with Gasteiger partial charge in [0.25, 0.3) is 0 Å². The van der Waals surface area contributed by atoms with Gasteiger partial charge in [0.1, 0.15) is 5.60 Å². The number of carbonyl (C=O) groups excluding carboxylic acids is 2. The SMILES string of the molecule is COC(=O)c1sc(-c2cccc(NCC3CCNCC3)c2)c(Br)c1OCC(=O)OC(C)(C)C.Cl. The second-order valence-electron chi connectivity index (χ2n) is 8.93. The van der Waals surface area contributed by atoms with Crippen molar-refractivity contribution in [2.75, 3.05) is 38.7 Å². The lowest BCUT2D eigenvalue weighted by molar-refractivity contribution is -0.157. The molecule has 0 amide bonds. The quantitative estimate of drug-likeness (QED) is 0.401. The predicted octanol–water partition coefficient (Wildman–Crippen LogP) is 5.52. The molecule has 10 heteroatoms. The molecule has 1 aliphatic rings. The number of benzene rings is 1. The number of piperidine rings is 1. The van der Waals surface area contributed by atoms with E-state index in [-0.39, 0.29) is 29.6 Å². The molecule has 188 valence electrons. The topological polar surface area (TPSA) is 85.9 Å². The summed E-state index contributed by atoms with van der Waals surface area (Å²) in [4.78, 5) is 25.6. The second kappa shape index (κ2) is 12.8. The van der Waals surface area contributed by atoms with E-state index >= 15 is 0 Å². The van der Waals surface area contributed by atoms with Gasteiger partial charge in [-0.1, -0.05) is 12.1 Å². The van der Waals surface area contributed by atoms with Crippen molar-refractivity contribution in [3.05, 3.63) is 33.6 Å². The maximum Gasteiger partial charge on any atom is 0.351 e. The molecule has 1 saturated heterocycles. The lowest BCUT2D eigenvalue weighted by atomic mass is 9.98. The van der Waals surface area contributed by atoms with E-state index in [2.05, 4.69) is 32.6 Å². The largest absolute Gasteiger partial charge is 0.479 e. The molecular weight excluding hydrogens is 544 g/mol. The number of hydrogen-bond donors (Lipinski definition) is 2. The van der Waals surface area contributed by atoms with Gasteiger partial charge in [-0.25, -0.2) is 9.59 Å². The monoisotopic (exact) mass is 574 g/mol. The zero-order chi connectivity index (χ0) is 24.0. The van der Waals surface area contributed by atoms with E-state index in [1.807, 2.05) is 18.2 Å². The minimum atomic E-state index is -0.621. The maximum atomic E-state index is 12.4. The summed E-state index contributed by atoms with van der Waals surface area (Å²) in [6.45, 7) is 8.11. The lowest BCUT2D eigenvalue weighted by Gasteiger charge is -2.23. The molecule has 2 heterocycles. The van der Waals surface area contributed by atoms with Gasteiger partial charge in [-0.05, 0) is 86.2 Å². The molecular formula is C24H32BrClN2O5S. The highest BCUT2D eigenvalue weighted by Crippen LogP contribution is 2.46. The van der Waals surface area contributed by atoms with Gasteiger partial charge in [-0.15, -0.1) is 23.7 Å². The normalized spacial score (nSPS) is 14.1. The smallest absolute Gasteiger partial charge is 0.351 e. The fraction of sp³-hybridized carbons (Fsp3) is 0.500. The molecule has 7 nitrogen and oxygen atoms in total. The number of thiophene rings is 1. The van der Waals surface area contributed by atoms with E-state index in [0.29, 0.717) is 10.4 Å². The summed E-state index contributed by atoms with van der Waals surface area (Å²) < 4.78 is 16.6. The molecule has 1 aromatic carbocycles. The van der Waals surface area contributed by atoms with Crippen LogP contribution in [-0.4, -0.2) is 50.9 Å². The van der Waals surface area contributed by atoms with Crippen LogP contribution >= 0.6 is 39.7 Å². The average molecular weight is 576 g/mol. The van der Waals surface area contributed by atoms with E-state index in [4.69, 9.17) is 14.2 Å². The molecule has 0 aliphatic carbocycles. The summed E-state index contributed by atoms with van der Waals surface area (Å²) in [6.07, 6.45) is 2.34. The molecule has 2 N–H and O–H groups in total. The molecule has 3 rings (SSSR count). The van der Waals surface area contributed by atoms with Crippen LogP contribution in [0.25, 0.3) is 10.4 Å². The molecule has 1 fully saturated rings. The fourth-order valence-electron chi connectivity index (χ4n) is 3.56. The number of carbonyl (C=O) groups is 2. The first-order valence-corrected chi connectivity index (χ1v) is 12.6. The van der Waals surface area contributed by atoms with Gasteiger partial charge in [0.05, 0.1) is 16.5 Å². The summed E-state index contributed by atoms with van der Waals surface area (Å²) in [6, 6.07) is 8.04. The Morgan fingerprint density at radius 3 is 2.59 bits per heavy atom. The van der Waals surface area contributed by atoms with Crippen molar-refractivity contribution < 1.29 is 23.8 Å². The van der Waals surface area contributed by atoms with Gasteiger partial charge in [0, 0.05) is 12.2 Å². The number of rotatable bonds is 8. The van der Waals surface area contributed by atoms with Crippen LogP contribution < -0.4 is 15.4 Å². The van der Waals surface area contributed by atoms with Crippen molar-refractivity contribution in [1.29, 1.82) is 0 Å². The highest BCUT2D eigenvalue weighted by molar-refractivity contribution is 9.10. The van der Waals surface area contributed by atoms with Crippen molar-refractivity contribution >= 4 is 57.3 Å². The minimum Gasteiger partial charge on any atom is -0.479 e. The summed E-state index contributed by atoms with van der Waals surface area (Å²) in [7, 11) is 1.32. The standard InChI is InChI=1S/C24H31BrN2O5S.ClH/c1-24(2,3)32-18(28)14-31-20-19(25)21(33-22(20)23(29)30-4)16-6-5-7-17(12-16)27-13-15-8-10-26-11-9-15;/h5-7,12,15,26-27H,8-11,13-14H2,1-4H3;1H. The number of anilines is 1. The molecule has 34 heavy (non-hydrogen) atoms. The second-order valence-corrected chi connectivity index (χ2v) is 10.7. The van der Waals surface area contributed by atoms with Gasteiger partial charge in [-0.3, -0.25) is 0 Å². The molecule has 0 bridgehead atoms. The van der Waals surface area contributed by atoms with Crippen LogP contribution in [0.3, 0.4) is 0 Å². The third-order valence-electron chi connectivity index (χ3n) is 5.11. The van der Waals surface area contributed by atoms with Gasteiger partial charge in [0.15, 0.2) is 17.2 Å². The third-order valence-corrected chi connectivity index (χ3v) is 7.33. The Morgan fingerprint density at radius 2 is 1.94 bits per heavy atom. The maximum absolute atomic E-state index is 12.4. The number of halogens is 2. The van der Waals surface area contributed by atoms with Crippen molar-refractivity contribution in [2.24, 2.45) is 5.92 Å². The van der Waals surface area contributed by atoms with Crippen molar-refractivity contribution in [2.45, 2.75) is 39.2 Å². The van der Waals surface area contributed by atoms with Crippen molar-refractivity contribution in [3.8, 4) is 16.2 Å². The Labute approximate surface area is 219 Å². The molecule has 0 atom stereocenters. The summed E-state index contributed by atoms with van der Waals surface area (Å²) in [5, 5.41) is 6.93. The fourth-order valence-corrected chi connectivity index (χ4v) is 5.53. The minimum absolute atomic E-state index is 0. The number of hydrogen-bond acceptors (Lipinski definition) is 8. The number of methoxy groups -OCH3 is 1. The van der Waals surface area contributed by atoms with Gasteiger partial charge >= 0.3 is 11.9 Å². The molecule has 0 saturated carbocycles. The van der Waals surface area contributed by atoms with Crippen LogP contribution in [0.1, 0.15) is 43.3 Å². The van der Waals surface area contributed by atoms with E-state index < -0.39 is 17.5 Å². The number of ether oxygens (including phenoxy) is 3. The van der Waals surface area contributed by atoms with Crippen LogP contribution in [0.5, 0.6) is 5.75 Å². The average Bonchev–Trinajstić information content (AvgIpc) is 3.11. The van der Waals surface area contributed by atoms with E-state index in [9.17, 15) is 9.59 Å². The Balaban J connectivity index is 0.00000408. The third kappa shape index (κ3) is 7.86. The summed E-state index contributed by atoms with van der Waals surface area (Å²) in [5.74, 6) is -0.101. The molecule has 1 aliphatic heterocycles. The first-order valence-electron chi connectivity index (χ1n) is 11.0. The number of esters is 2. The Hall–Kier alpha value is -1.81. The number of nitrogens with one attached hydrogen (secondary N) is 2. The molecule has 0 unspecified atom stereocenters. The lowest BCUT2D eigenvalue weighted by Crippen LogP contribution is -2.31. The highest BCUT2D eigenvalue weighted by Gasteiger charge is 2.26. The van der Waals surface area contributed by atoms with Crippen molar-refractivity contribution in [1.82, 2.24) is 5.32 Å². The van der Waals surface area contributed by atoms with Gasteiger partial charge in [-0.2, -0.15) is 0 Å². The highest BCUT2D eigenvalue weighted by atomic mass is 79.9. The van der Waals surface area contributed by atoms with E-state index in [0.717, 1.165) is 35.8 Å². The Kier molecular flexibility index (Phi) is 10.7. The van der Waals surface area contributed by atoms with Gasteiger partial charge < -0.3 is 24.8 Å². The van der Waals surface area contributed by atoms with Gasteiger partial charge in [0.2, 0.25) is 0 Å². The van der Waals surface area contributed by atoms with Crippen LogP contribution in [0.15, 0.2) is 28.7 Å². The zero-order valence-corrected chi connectivity index (χ0v) is 23.1. The molecule has 0 spiro atoms. The van der Waals surface area contributed by atoms with Crippen LogP contribution in [0.2, 0.25) is 0 Å². The molecule has 1 aromatic heterocycles.